The summed E-state index contributed by atoms with van der Waals surface area (Å²) < 4.78 is 5.58. The lowest BCUT2D eigenvalue weighted by Crippen LogP contribution is -2.42. The maximum Gasteiger partial charge on any atom is 0.267 e. The molecular weight excluding hydrogens is 332 g/mol. The molecule has 2 aliphatic rings. The van der Waals surface area contributed by atoms with Crippen LogP contribution in [0, 0.1) is 0 Å². The fraction of sp³-hybridized carbons (Fsp3) is 0.550. The first kappa shape index (κ1) is 18.4. The Hall–Kier alpha value is -2.37. The number of ether oxygens (including phenoxy) is 1. The van der Waals surface area contributed by atoms with Crippen LogP contribution in [0.1, 0.15) is 55.8 Å². The van der Waals surface area contributed by atoms with E-state index in [1.165, 1.54) is 17.7 Å². The topological polar surface area (TPSA) is 66.9 Å². The molecule has 2 amide bonds. The molecule has 1 aromatic carbocycles. The van der Waals surface area contributed by atoms with Gasteiger partial charge in [-0.2, -0.15) is 0 Å². The minimum absolute atomic E-state index is 0.0580. The number of likely N-dealkylation sites (N-methyl/N-ethyl adjacent to an activating group) is 1. The fourth-order valence-electron chi connectivity index (χ4n) is 3.53. The lowest BCUT2D eigenvalue weighted by molar-refractivity contribution is -0.131. The van der Waals surface area contributed by atoms with Gasteiger partial charge < -0.3 is 14.5 Å². The number of benzene rings is 1. The van der Waals surface area contributed by atoms with E-state index in [0.717, 1.165) is 25.9 Å². The van der Waals surface area contributed by atoms with Gasteiger partial charge in [0.25, 0.3) is 5.91 Å². The van der Waals surface area contributed by atoms with E-state index in [4.69, 9.17) is 4.74 Å². The number of carbonyl (C=O) groups is 3. The summed E-state index contributed by atoms with van der Waals surface area (Å²) in [5.41, 5.74) is 1.10. The summed E-state index contributed by atoms with van der Waals surface area (Å²) in [4.78, 5) is 40.3. The number of nitrogens with zero attached hydrogens (tertiary/aromatic N) is 2. The highest BCUT2D eigenvalue weighted by molar-refractivity contribution is 6.03. The van der Waals surface area contributed by atoms with Gasteiger partial charge in [0, 0.05) is 38.5 Å². The van der Waals surface area contributed by atoms with Crippen molar-refractivity contribution in [2.45, 2.75) is 51.6 Å². The first-order valence-electron chi connectivity index (χ1n) is 9.36. The number of ketones is 1. The quantitative estimate of drug-likeness (QED) is 0.776. The van der Waals surface area contributed by atoms with Crippen LogP contribution in [0.3, 0.4) is 0 Å². The Balaban J connectivity index is 1.63. The molecule has 140 valence electrons. The molecule has 2 heterocycles. The van der Waals surface area contributed by atoms with E-state index >= 15 is 0 Å². The maximum atomic E-state index is 12.5. The van der Waals surface area contributed by atoms with Crippen LogP contribution in [0.25, 0.3) is 0 Å². The number of Topliss-reactive ketones (excluding diaryl/α,β-unsaturated/α-hetero) is 1. The molecule has 2 aliphatic heterocycles. The first-order valence-corrected chi connectivity index (χ1v) is 9.36. The number of hydrogen-bond donors (Lipinski definition) is 0. The van der Waals surface area contributed by atoms with Crippen LogP contribution in [0.4, 0.5) is 5.69 Å². The Kier molecular flexibility index (Phi) is 5.59. The van der Waals surface area contributed by atoms with Crippen molar-refractivity contribution in [3.8, 4) is 5.75 Å². The second kappa shape index (κ2) is 7.89. The molecular formula is C20H26N2O4. The Morgan fingerprint density at radius 1 is 1.12 bits per heavy atom. The van der Waals surface area contributed by atoms with Gasteiger partial charge in [-0.15, -0.1) is 0 Å². The van der Waals surface area contributed by atoms with Gasteiger partial charge in [-0.3, -0.25) is 14.4 Å². The summed E-state index contributed by atoms with van der Waals surface area (Å²) in [7, 11) is 1.68. The third kappa shape index (κ3) is 3.89. The second-order valence-electron chi connectivity index (χ2n) is 7.06. The monoisotopic (exact) mass is 358 g/mol. The number of anilines is 1. The average Bonchev–Trinajstić information content (AvgIpc) is 2.93. The molecule has 0 saturated carbocycles. The Morgan fingerprint density at radius 3 is 2.50 bits per heavy atom. The van der Waals surface area contributed by atoms with Crippen LogP contribution in [0.15, 0.2) is 18.2 Å². The summed E-state index contributed by atoms with van der Waals surface area (Å²) in [5.74, 6) is 0.424. The molecule has 26 heavy (non-hydrogen) atoms. The smallest absolute Gasteiger partial charge is 0.267 e. The Bertz CT molecular complexity index is 708. The van der Waals surface area contributed by atoms with Crippen molar-refractivity contribution in [3.05, 3.63) is 23.8 Å². The molecule has 0 N–H and O–H groups in total. The molecule has 6 heteroatoms. The minimum atomic E-state index is -0.528. The standard InChI is InChI=1S/C20H26N2O4/c1-14-20(25)21(2)16-13-15(7-9-18(16)26-14)17(23)8-10-19(24)22-11-5-3-4-6-12-22/h7,9,13-14H,3-6,8,10-12H2,1-2H3. The third-order valence-corrected chi connectivity index (χ3v) is 5.15. The fourth-order valence-corrected chi connectivity index (χ4v) is 3.53. The zero-order chi connectivity index (χ0) is 18.7. The van der Waals surface area contributed by atoms with Crippen LogP contribution < -0.4 is 9.64 Å². The zero-order valence-electron chi connectivity index (χ0n) is 15.5. The third-order valence-electron chi connectivity index (χ3n) is 5.15. The minimum Gasteiger partial charge on any atom is -0.479 e. The van der Waals surface area contributed by atoms with Gasteiger partial charge in [-0.1, -0.05) is 12.8 Å². The summed E-state index contributed by atoms with van der Waals surface area (Å²) in [6.07, 6.45) is 4.32. The molecule has 0 spiro atoms. The van der Waals surface area contributed by atoms with Crippen LogP contribution in [-0.4, -0.2) is 48.7 Å². The molecule has 1 saturated heterocycles. The van der Waals surface area contributed by atoms with Gasteiger partial charge in [0.05, 0.1) is 5.69 Å². The van der Waals surface area contributed by atoms with E-state index in [2.05, 4.69) is 0 Å². The van der Waals surface area contributed by atoms with Crippen molar-refractivity contribution in [2.24, 2.45) is 0 Å². The van der Waals surface area contributed by atoms with Gasteiger partial charge in [-0.05, 0) is 38.0 Å². The van der Waals surface area contributed by atoms with Crippen LogP contribution >= 0.6 is 0 Å². The highest BCUT2D eigenvalue weighted by Crippen LogP contribution is 2.34. The number of fused-ring (bicyclic) bond motifs is 1. The second-order valence-corrected chi connectivity index (χ2v) is 7.06. The Morgan fingerprint density at radius 2 is 1.81 bits per heavy atom. The summed E-state index contributed by atoms with van der Waals surface area (Å²) in [5, 5.41) is 0. The molecule has 1 atom stereocenters. The van der Waals surface area contributed by atoms with E-state index < -0.39 is 6.10 Å². The van der Waals surface area contributed by atoms with Gasteiger partial charge in [0.1, 0.15) is 5.75 Å². The lowest BCUT2D eigenvalue weighted by Gasteiger charge is -2.30. The number of amides is 2. The van der Waals surface area contributed by atoms with Crippen molar-refractivity contribution in [3.63, 3.8) is 0 Å². The Labute approximate surface area is 154 Å². The van der Waals surface area contributed by atoms with E-state index in [-0.39, 0.29) is 30.4 Å². The van der Waals surface area contributed by atoms with Crippen molar-refractivity contribution in [1.82, 2.24) is 4.90 Å². The van der Waals surface area contributed by atoms with Crippen molar-refractivity contribution < 1.29 is 19.1 Å². The maximum absolute atomic E-state index is 12.5. The highest BCUT2D eigenvalue weighted by Gasteiger charge is 2.29. The van der Waals surface area contributed by atoms with E-state index in [9.17, 15) is 14.4 Å². The summed E-state index contributed by atoms with van der Waals surface area (Å²) in [6.45, 7) is 3.30. The highest BCUT2D eigenvalue weighted by atomic mass is 16.5. The largest absolute Gasteiger partial charge is 0.479 e. The molecule has 3 rings (SSSR count). The summed E-state index contributed by atoms with van der Waals surface area (Å²) >= 11 is 0. The molecule has 6 nitrogen and oxygen atoms in total. The zero-order valence-corrected chi connectivity index (χ0v) is 15.5. The normalized spacial score (nSPS) is 20.2. The first-order chi connectivity index (χ1) is 12.5. The number of likely N-dealkylation sites (tertiary alicyclic amines) is 1. The van der Waals surface area contributed by atoms with Crippen molar-refractivity contribution >= 4 is 23.3 Å². The number of carbonyl (C=O) groups excluding carboxylic acids is 3. The molecule has 0 aliphatic carbocycles. The number of hydrogen-bond acceptors (Lipinski definition) is 4. The SMILES string of the molecule is CC1Oc2ccc(C(=O)CCC(=O)N3CCCCCC3)cc2N(C)C1=O. The van der Waals surface area contributed by atoms with Crippen LogP contribution in [-0.2, 0) is 9.59 Å². The number of rotatable bonds is 4. The van der Waals surface area contributed by atoms with Crippen molar-refractivity contribution in [2.75, 3.05) is 25.0 Å². The summed E-state index contributed by atoms with van der Waals surface area (Å²) in [6, 6.07) is 5.10. The molecule has 1 unspecified atom stereocenters. The van der Waals surface area contributed by atoms with E-state index in [0.29, 0.717) is 17.0 Å². The molecule has 0 radical (unpaired) electrons. The van der Waals surface area contributed by atoms with E-state index in [1.54, 1.807) is 32.2 Å². The van der Waals surface area contributed by atoms with Crippen molar-refractivity contribution in [1.29, 1.82) is 0 Å². The van der Waals surface area contributed by atoms with Gasteiger partial charge in [-0.25, -0.2) is 0 Å². The predicted octanol–water partition coefficient (Wildman–Crippen LogP) is 2.80. The van der Waals surface area contributed by atoms with Crippen LogP contribution in [0.2, 0.25) is 0 Å². The molecule has 1 fully saturated rings. The van der Waals surface area contributed by atoms with Gasteiger partial charge >= 0.3 is 0 Å². The average molecular weight is 358 g/mol. The van der Waals surface area contributed by atoms with Crippen LogP contribution in [0.5, 0.6) is 5.75 Å². The molecule has 0 bridgehead atoms. The predicted molar refractivity (Wildman–Crippen MR) is 98.6 cm³/mol. The van der Waals surface area contributed by atoms with Gasteiger partial charge in [0.15, 0.2) is 11.9 Å². The van der Waals surface area contributed by atoms with Gasteiger partial charge in [0.2, 0.25) is 5.91 Å². The van der Waals surface area contributed by atoms with E-state index in [1.807, 2.05) is 4.90 Å². The molecule has 0 aromatic heterocycles. The molecule has 1 aromatic rings. The lowest BCUT2D eigenvalue weighted by atomic mass is 10.0.